The third-order valence-corrected chi connectivity index (χ3v) is 5.04. The predicted octanol–water partition coefficient (Wildman–Crippen LogP) is 4.27. The Hall–Kier alpha value is -2.57. The highest BCUT2D eigenvalue weighted by atomic mass is 16.5. The minimum atomic E-state index is -0.614. The lowest BCUT2D eigenvalue weighted by Crippen LogP contribution is -2.33. The summed E-state index contributed by atoms with van der Waals surface area (Å²) < 4.78 is 11.4. The number of nitrogens with zero attached hydrogens (tertiary/aromatic N) is 2. The molecule has 0 radical (unpaired) electrons. The number of nitrogens with one attached hydrogen (secondary N) is 1. The molecule has 0 spiro atoms. The quantitative estimate of drug-likeness (QED) is 0.521. The summed E-state index contributed by atoms with van der Waals surface area (Å²) in [5.41, 5.74) is 4.51. The van der Waals surface area contributed by atoms with Crippen molar-refractivity contribution in [2.24, 2.45) is 0 Å². The minimum absolute atomic E-state index is 0.208. The summed E-state index contributed by atoms with van der Waals surface area (Å²) in [4.78, 5) is 10.1. The van der Waals surface area contributed by atoms with E-state index in [4.69, 9.17) is 9.47 Å². The summed E-state index contributed by atoms with van der Waals surface area (Å²) in [6.07, 6.45) is 1.27. The van der Waals surface area contributed by atoms with Crippen molar-refractivity contribution in [3.05, 3.63) is 53.3 Å². The molecule has 0 aliphatic carbocycles. The van der Waals surface area contributed by atoms with Crippen molar-refractivity contribution in [2.75, 3.05) is 26.8 Å². The third-order valence-electron chi connectivity index (χ3n) is 5.04. The summed E-state index contributed by atoms with van der Waals surface area (Å²) >= 11 is 0. The van der Waals surface area contributed by atoms with Crippen LogP contribution in [-0.2, 0) is 6.54 Å². The van der Waals surface area contributed by atoms with Gasteiger partial charge in [-0.15, -0.1) is 0 Å². The normalized spacial score (nSPS) is 12.7. The number of rotatable bonds is 10. The number of aromatic nitrogens is 2. The molecule has 0 saturated carbocycles. The predicted molar refractivity (Wildman–Crippen MR) is 120 cm³/mol. The van der Waals surface area contributed by atoms with E-state index < -0.39 is 6.10 Å². The summed E-state index contributed by atoms with van der Waals surface area (Å²) in [5.74, 6) is 1.72. The van der Waals surface area contributed by atoms with Gasteiger partial charge in [-0.3, -0.25) is 4.90 Å². The van der Waals surface area contributed by atoms with Crippen molar-refractivity contribution in [2.45, 2.75) is 46.3 Å². The van der Waals surface area contributed by atoms with Gasteiger partial charge in [-0.25, -0.2) is 4.98 Å². The van der Waals surface area contributed by atoms with E-state index in [9.17, 15) is 5.11 Å². The third kappa shape index (κ3) is 5.32. The zero-order chi connectivity index (χ0) is 21.7. The van der Waals surface area contributed by atoms with Gasteiger partial charge in [0.1, 0.15) is 18.4 Å². The first-order valence-corrected chi connectivity index (χ1v) is 10.6. The highest BCUT2D eigenvalue weighted by Crippen LogP contribution is 2.29. The highest BCUT2D eigenvalue weighted by molar-refractivity contribution is 5.82. The number of pyridine rings is 1. The van der Waals surface area contributed by atoms with Crippen LogP contribution >= 0.6 is 0 Å². The van der Waals surface area contributed by atoms with Crippen LogP contribution in [0.15, 0.2) is 36.5 Å². The zero-order valence-electron chi connectivity index (χ0n) is 18.6. The molecule has 0 fully saturated rings. The molecular weight excluding hydrogens is 378 g/mol. The number of para-hydroxylation sites is 2. The number of aliphatic hydroxyl groups is 1. The largest absolute Gasteiger partial charge is 0.490 e. The standard InChI is InChI=1S/C24H33N3O3/c1-6-29-21-9-7-8-10-22(21)30-15-18(28)13-27(5)14-20-19-11-17(4)12-25-24(19)26-23(20)16(2)3/h7-12,16,18,28H,6,13-15H2,1-5H3,(H,25,26)/t18-/m0/s1. The van der Waals surface area contributed by atoms with E-state index in [-0.39, 0.29) is 6.61 Å². The van der Waals surface area contributed by atoms with Crippen molar-refractivity contribution in [3.8, 4) is 11.5 Å². The van der Waals surface area contributed by atoms with Crippen molar-refractivity contribution >= 4 is 11.0 Å². The Bertz CT molecular complexity index is 967. The van der Waals surface area contributed by atoms with Gasteiger partial charge in [0.05, 0.1) is 6.61 Å². The fourth-order valence-corrected chi connectivity index (χ4v) is 3.69. The van der Waals surface area contributed by atoms with Crippen molar-refractivity contribution in [1.82, 2.24) is 14.9 Å². The zero-order valence-corrected chi connectivity index (χ0v) is 18.6. The minimum Gasteiger partial charge on any atom is -0.490 e. The van der Waals surface area contributed by atoms with E-state index in [1.165, 1.54) is 11.3 Å². The number of hydrogen-bond donors (Lipinski definition) is 2. The van der Waals surface area contributed by atoms with Crippen LogP contribution in [0.4, 0.5) is 0 Å². The van der Waals surface area contributed by atoms with Crippen LogP contribution in [0.5, 0.6) is 11.5 Å². The average molecular weight is 412 g/mol. The van der Waals surface area contributed by atoms with Gasteiger partial charge in [-0.05, 0) is 56.1 Å². The maximum absolute atomic E-state index is 10.5. The monoisotopic (exact) mass is 411 g/mol. The molecule has 0 saturated heterocycles. The molecule has 0 unspecified atom stereocenters. The fourth-order valence-electron chi connectivity index (χ4n) is 3.69. The van der Waals surface area contributed by atoms with Gasteiger partial charge in [0.15, 0.2) is 11.5 Å². The number of hydrogen-bond acceptors (Lipinski definition) is 5. The van der Waals surface area contributed by atoms with E-state index in [1.807, 2.05) is 44.4 Å². The molecule has 6 heteroatoms. The van der Waals surface area contributed by atoms with E-state index in [0.29, 0.717) is 30.6 Å². The van der Waals surface area contributed by atoms with E-state index >= 15 is 0 Å². The molecule has 3 aromatic rings. The topological polar surface area (TPSA) is 70.6 Å². The second kappa shape index (κ2) is 9.96. The smallest absolute Gasteiger partial charge is 0.161 e. The van der Waals surface area contributed by atoms with Crippen LogP contribution in [0.25, 0.3) is 11.0 Å². The summed E-state index contributed by atoms with van der Waals surface area (Å²) in [6.45, 7) is 10.4. The van der Waals surface area contributed by atoms with Gasteiger partial charge in [-0.2, -0.15) is 0 Å². The number of fused-ring (bicyclic) bond motifs is 1. The summed E-state index contributed by atoms with van der Waals surface area (Å²) in [7, 11) is 2.02. The molecule has 1 atom stereocenters. The Balaban J connectivity index is 1.65. The molecule has 30 heavy (non-hydrogen) atoms. The van der Waals surface area contributed by atoms with Crippen LogP contribution in [-0.4, -0.2) is 52.9 Å². The number of H-pyrrole nitrogens is 1. The molecule has 0 bridgehead atoms. The Kier molecular flexibility index (Phi) is 7.34. The molecule has 2 N–H and O–H groups in total. The van der Waals surface area contributed by atoms with Crippen LogP contribution < -0.4 is 9.47 Å². The lowest BCUT2D eigenvalue weighted by atomic mass is 10.0. The van der Waals surface area contributed by atoms with Gasteiger partial charge in [0, 0.05) is 30.4 Å². The van der Waals surface area contributed by atoms with Gasteiger partial charge < -0.3 is 19.6 Å². The Morgan fingerprint density at radius 3 is 2.53 bits per heavy atom. The SMILES string of the molecule is CCOc1ccccc1OC[C@@H](O)CN(C)Cc1c(C(C)C)[nH]c2ncc(C)cc12. The molecule has 3 rings (SSSR count). The average Bonchev–Trinajstić information content (AvgIpc) is 3.05. The van der Waals surface area contributed by atoms with Crippen LogP contribution in [0, 0.1) is 6.92 Å². The molecule has 0 aliphatic rings. The first-order chi connectivity index (χ1) is 14.4. The van der Waals surface area contributed by atoms with Gasteiger partial charge in [0.2, 0.25) is 0 Å². The first kappa shape index (κ1) is 22.1. The van der Waals surface area contributed by atoms with Gasteiger partial charge in [-0.1, -0.05) is 26.0 Å². The first-order valence-electron chi connectivity index (χ1n) is 10.6. The Labute approximate surface area is 178 Å². The van der Waals surface area contributed by atoms with E-state index in [1.54, 1.807) is 0 Å². The van der Waals surface area contributed by atoms with Crippen LogP contribution in [0.3, 0.4) is 0 Å². The molecular formula is C24H33N3O3. The Morgan fingerprint density at radius 2 is 1.87 bits per heavy atom. The van der Waals surface area contributed by atoms with Crippen LogP contribution in [0.1, 0.15) is 43.5 Å². The molecule has 0 aliphatic heterocycles. The maximum Gasteiger partial charge on any atom is 0.161 e. The molecule has 162 valence electrons. The lowest BCUT2D eigenvalue weighted by molar-refractivity contribution is 0.0730. The van der Waals surface area contributed by atoms with Crippen molar-refractivity contribution < 1.29 is 14.6 Å². The lowest BCUT2D eigenvalue weighted by Gasteiger charge is -2.22. The van der Waals surface area contributed by atoms with Gasteiger partial charge in [0.25, 0.3) is 0 Å². The second-order valence-corrected chi connectivity index (χ2v) is 8.12. The van der Waals surface area contributed by atoms with E-state index in [2.05, 4.69) is 41.7 Å². The molecule has 6 nitrogen and oxygen atoms in total. The maximum atomic E-state index is 10.5. The fraction of sp³-hybridized carbons (Fsp3) is 0.458. The van der Waals surface area contributed by atoms with E-state index in [0.717, 1.165) is 23.1 Å². The molecule has 1 aromatic carbocycles. The highest BCUT2D eigenvalue weighted by Gasteiger charge is 2.18. The second-order valence-electron chi connectivity index (χ2n) is 8.12. The molecule has 2 heterocycles. The number of ether oxygens (including phenoxy) is 2. The molecule has 2 aromatic heterocycles. The number of likely N-dealkylation sites (N-methyl/N-ethyl adjacent to an activating group) is 1. The van der Waals surface area contributed by atoms with Crippen LogP contribution in [0.2, 0.25) is 0 Å². The molecule has 0 amide bonds. The number of benzene rings is 1. The summed E-state index contributed by atoms with van der Waals surface area (Å²) in [5, 5.41) is 11.7. The summed E-state index contributed by atoms with van der Waals surface area (Å²) in [6, 6.07) is 9.72. The Morgan fingerprint density at radius 1 is 1.17 bits per heavy atom. The van der Waals surface area contributed by atoms with Crippen molar-refractivity contribution in [3.63, 3.8) is 0 Å². The number of aromatic amines is 1. The number of aryl methyl sites for hydroxylation is 1. The van der Waals surface area contributed by atoms with Gasteiger partial charge >= 0.3 is 0 Å². The number of aliphatic hydroxyl groups excluding tert-OH is 1. The van der Waals surface area contributed by atoms with Crippen molar-refractivity contribution in [1.29, 1.82) is 0 Å².